The lowest BCUT2D eigenvalue weighted by atomic mass is 10.2. The summed E-state index contributed by atoms with van der Waals surface area (Å²) in [6.07, 6.45) is 3.67. The number of carbonyl (C=O) groups is 1. The molecular formula is C18H17N3O4. The van der Waals surface area contributed by atoms with E-state index in [1.54, 1.807) is 13.0 Å². The van der Waals surface area contributed by atoms with E-state index in [9.17, 15) is 14.9 Å². The molecule has 1 amide bonds. The van der Waals surface area contributed by atoms with Gasteiger partial charge >= 0.3 is 0 Å². The van der Waals surface area contributed by atoms with Gasteiger partial charge in [0, 0.05) is 12.1 Å². The van der Waals surface area contributed by atoms with Crippen LogP contribution in [0.25, 0.3) is 6.08 Å². The van der Waals surface area contributed by atoms with Crippen molar-refractivity contribution in [3.63, 3.8) is 0 Å². The zero-order valence-corrected chi connectivity index (χ0v) is 13.6. The van der Waals surface area contributed by atoms with Crippen molar-refractivity contribution >= 4 is 23.4 Å². The topological polar surface area (TPSA) is 93.8 Å². The van der Waals surface area contributed by atoms with Gasteiger partial charge in [0.2, 0.25) is 0 Å². The molecule has 0 heterocycles. The molecule has 2 rings (SSSR count). The Labute approximate surface area is 144 Å². The molecule has 0 saturated heterocycles. The molecule has 0 aliphatic carbocycles. The molecule has 128 valence electrons. The van der Waals surface area contributed by atoms with Gasteiger partial charge in [0.15, 0.2) is 6.61 Å². The van der Waals surface area contributed by atoms with Crippen LogP contribution in [0.1, 0.15) is 12.5 Å². The summed E-state index contributed by atoms with van der Waals surface area (Å²) in [5.41, 5.74) is 4.01. The molecule has 0 unspecified atom stereocenters. The Morgan fingerprint density at radius 2 is 1.88 bits per heavy atom. The van der Waals surface area contributed by atoms with Gasteiger partial charge in [-0.15, -0.1) is 0 Å². The van der Waals surface area contributed by atoms with Crippen molar-refractivity contribution in [2.24, 2.45) is 5.10 Å². The number of nitrogens with zero attached hydrogens (tertiary/aromatic N) is 2. The number of carbonyl (C=O) groups excluding carboxylic acids is 1. The average molecular weight is 339 g/mol. The van der Waals surface area contributed by atoms with Crippen molar-refractivity contribution in [3.05, 3.63) is 76.4 Å². The summed E-state index contributed by atoms with van der Waals surface area (Å²) in [5, 5.41) is 14.5. The molecule has 0 fully saturated rings. The first-order valence-corrected chi connectivity index (χ1v) is 7.48. The van der Waals surface area contributed by atoms with Crippen LogP contribution in [0.3, 0.4) is 0 Å². The van der Waals surface area contributed by atoms with E-state index in [4.69, 9.17) is 4.74 Å². The number of nitrogens with one attached hydrogen (secondary N) is 1. The molecule has 7 nitrogen and oxygen atoms in total. The third kappa shape index (κ3) is 6.26. The number of non-ortho nitro benzene ring substituents is 1. The number of ether oxygens (including phenoxy) is 1. The maximum Gasteiger partial charge on any atom is 0.277 e. The van der Waals surface area contributed by atoms with Crippen LogP contribution >= 0.6 is 0 Å². The maximum atomic E-state index is 11.7. The summed E-state index contributed by atoms with van der Waals surface area (Å²) in [7, 11) is 0. The van der Waals surface area contributed by atoms with Crippen molar-refractivity contribution in [2.45, 2.75) is 6.92 Å². The largest absolute Gasteiger partial charge is 0.484 e. The van der Waals surface area contributed by atoms with Crippen molar-refractivity contribution in [1.82, 2.24) is 5.43 Å². The van der Waals surface area contributed by atoms with E-state index in [0.717, 1.165) is 5.56 Å². The molecule has 0 aromatic heterocycles. The van der Waals surface area contributed by atoms with E-state index in [1.807, 2.05) is 36.4 Å². The minimum Gasteiger partial charge on any atom is -0.484 e. The molecule has 2 aromatic rings. The van der Waals surface area contributed by atoms with Gasteiger partial charge in [-0.05, 0) is 30.7 Å². The number of amides is 1. The van der Waals surface area contributed by atoms with Crippen LogP contribution in [-0.4, -0.2) is 23.1 Å². The first kappa shape index (κ1) is 17.9. The van der Waals surface area contributed by atoms with E-state index < -0.39 is 10.8 Å². The van der Waals surface area contributed by atoms with Crippen LogP contribution in [-0.2, 0) is 4.79 Å². The Hall–Kier alpha value is -3.48. The lowest BCUT2D eigenvalue weighted by molar-refractivity contribution is -0.384. The van der Waals surface area contributed by atoms with E-state index in [2.05, 4.69) is 10.5 Å². The summed E-state index contributed by atoms with van der Waals surface area (Å²) in [5.74, 6) is -0.0590. The number of hydrogen-bond acceptors (Lipinski definition) is 5. The number of benzene rings is 2. The smallest absolute Gasteiger partial charge is 0.277 e. The number of nitro groups is 1. The Morgan fingerprint density at radius 1 is 1.20 bits per heavy atom. The molecule has 0 atom stereocenters. The number of nitro benzene ring substituents is 1. The molecule has 2 aromatic carbocycles. The fourth-order valence-electron chi connectivity index (χ4n) is 1.81. The Bertz CT molecular complexity index is 784. The van der Waals surface area contributed by atoms with Gasteiger partial charge in [-0.3, -0.25) is 14.9 Å². The number of rotatable bonds is 7. The highest BCUT2D eigenvalue weighted by atomic mass is 16.6. The number of allylic oxidation sites excluding steroid dienone is 1. The summed E-state index contributed by atoms with van der Waals surface area (Å²) >= 11 is 0. The van der Waals surface area contributed by atoms with Gasteiger partial charge in [-0.2, -0.15) is 5.10 Å². The average Bonchev–Trinajstić information content (AvgIpc) is 2.64. The predicted octanol–water partition coefficient (Wildman–Crippen LogP) is 3.18. The summed E-state index contributed by atoms with van der Waals surface area (Å²) < 4.78 is 5.24. The van der Waals surface area contributed by atoms with Crippen LogP contribution in [0.2, 0.25) is 0 Å². The van der Waals surface area contributed by atoms with Crippen molar-refractivity contribution in [3.8, 4) is 5.75 Å². The SMILES string of the molecule is CC(/C=C/c1ccccc1)=N\NC(=O)COc1ccc([N+](=O)[O-])cc1. The Kier molecular flexibility index (Phi) is 6.41. The maximum absolute atomic E-state index is 11.7. The molecule has 0 radical (unpaired) electrons. The lowest BCUT2D eigenvalue weighted by Gasteiger charge is -2.04. The first-order chi connectivity index (χ1) is 12.0. The predicted molar refractivity (Wildman–Crippen MR) is 95.3 cm³/mol. The molecule has 0 saturated carbocycles. The molecule has 0 aliphatic heterocycles. The molecule has 0 spiro atoms. The second kappa shape index (κ2) is 8.97. The van der Waals surface area contributed by atoms with Gasteiger partial charge in [-0.1, -0.05) is 36.4 Å². The fourth-order valence-corrected chi connectivity index (χ4v) is 1.81. The summed E-state index contributed by atoms with van der Waals surface area (Å²) in [4.78, 5) is 21.7. The van der Waals surface area contributed by atoms with Crippen LogP contribution in [0.5, 0.6) is 5.75 Å². The van der Waals surface area contributed by atoms with Crippen LogP contribution < -0.4 is 10.2 Å². The van der Waals surface area contributed by atoms with Gasteiger partial charge < -0.3 is 4.74 Å². The highest BCUT2D eigenvalue weighted by molar-refractivity contribution is 5.97. The normalized spacial score (nSPS) is 11.3. The minimum absolute atomic E-state index is 0.0396. The molecule has 1 N–H and O–H groups in total. The third-order valence-electron chi connectivity index (χ3n) is 3.09. The zero-order chi connectivity index (χ0) is 18.1. The van der Waals surface area contributed by atoms with Crippen molar-refractivity contribution < 1.29 is 14.5 Å². The lowest BCUT2D eigenvalue weighted by Crippen LogP contribution is -2.25. The number of hydrazone groups is 1. The highest BCUT2D eigenvalue weighted by Crippen LogP contribution is 2.16. The highest BCUT2D eigenvalue weighted by Gasteiger charge is 2.06. The second-order valence-electron chi connectivity index (χ2n) is 5.07. The van der Waals surface area contributed by atoms with E-state index >= 15 is 0 Å². The second-order valence-corrected chi connectivity index (χ2v) is 5.07. The first-order valence-electron chi connectivity index (χ1n) is 7.48. The molecule has 0 aliphatic rings. The van der Waals surface area contributed by atoms with E-state index in [0.29, 0.717) is 11.5 Å². The van der Waals surface area contributed by atoms with E-state index in [-0.39, 0.29) is 12.3 Å². The fraction of sp³-hybridized carbons (Fsp3) is 0.111. The Balaban J connectivity index is 1.79. The Morgan fingerprint density at radius 3 is 2.52 bits per heavy atom. The van der Waals surface area contributed by atoms with Gasteiger partial charge in [0.05, 0.1) is 10.6 Å². The quantitative estimate of drug-likeness (QED) is 0.476. The van der Waals surface area contributed by atoms with Gasteiger partial charge in [0.1, 0.15) is 5.75 Å². The molecule has 7 heteroatoms. The number of hydrogen-bond donors (Lipinski definition) is 1. The summed E-state index contributed by atoms with van der Waals surface area (Å²) in [6.45, 7) is 1.52. The third-order valence-corrected chi connectivity index (χ3v) is 3.09. The monoisotopic (exact) mass is 339 g/mol. The van der Waals surface area contributed by atoms with Crippen LogP contribution in [0.4, 0.5) is 5.69 Å². The zero-order valence-electron chi connectivity index (χ0n) is 13.6. The van der Waals surface area contributed by atoms with Gasteiger partial charge in [0.25, 0.3) is 11.6 Å². The van der Waals surface area contributed by atoms with Gasteiger partial charge in [-0.25, -0.2) is 5.43 Å². The summed E-state index contributed by atoms with van der Waals surface area (Å²) in [6, 6.07) is 15.2. The van der Waals surface area contributed by atoms with E-state index in [1.165, 1.54) is 24.3 Å². The van der Waals surface area contributed by atoms with Crippen LogP contribution in [0, 0.1) is 10.1 Å². The van der Waals surface area contributed by atoms with Crippen molar-refractivity contribution in [2.75, 3.05) is 6.61 Å². The van der Waals surface area contributed by atoms with Crippen molar-refractivity contribution in [1.29, 1.82) is 0 Å². The molecule has 0 bridgehead atoms. The molecular weight excluding hydrogens is 322 g/mol. The van der Waals surface area contributed by atoms with Crippen LogP contribution in [0.15, 0.2) is 65.8 Å². The standard InChI is InChI=1S/C18H17N3O4/c1-14(7-8-15-5-3-2-4-6-15)19-20-18(22)13-25-17-11-9-16(10-12-17)21(23)24/h2-12H,13H2,1H3,(H,20,22)/b8-7+,19-14+. The molecule has 25 heavy (non-hydrogen) atoms. The minimum atomic E-state index is -0.503.